The van der Waals surface area contributed by atoms with Crippen LogP contribution in [-0.4, -0.2) is 39.5 Å². The van der Waals surface area contributed by atoms with Crippen LogP contribution in [0.25, 0.3) is 0 Å². The number of ether oxygens (including phenoxy) is 2. The van der Waals surface area contributed by atoms with E-state index in [-0.39, 0.29) is 5.41 Å². The van der Waals surface area contributed by atoms with Gasteiger partial charge in [0.1, 0.15) is 0 Å². The number of methoxy groups -OCH3 is 1. The van der Waals surface area contributed by atoms with E-state index in [1.807, 2.05) is 7.11 Å². The van der Waals surface area contributed by atoms with Crippen LogP contribution in [0.1, 0.15) is 32.6 Å². The Balaban J connectivity index is 1.94. The first-order valence-corrected chi connectivity index (χ1v) is 6.63. The van der Waals surface area contributed by atoms with E-state index in [0.29, 0.717) is 6.10 Å². The second-order valence-corrected chi connectivity index (χ2v) is 5.35. The fourth-order valence-corrected chi connectivity index (χ4v) is 2.94. The highest BCUT2D eigenvalue weighted by Gasteiger charge is 2.50. The van der Waals surface area contributed by atoms with Gasteiger partial charge in [0.05, 0.1) is 12.7 Å². The first-order valence-electron chi connectivity index (χ1n) is 6.63. The molecular weight excluding hydrogens is 202 g/mol. The second-order valence-electron chi connectivity index (χ2n) is 5.35. The van der Waals surface area contributed by atoms with Crippen LogP contribution in [0, 0.1) is 11.3 Å². The third-order valence-electron chi connectivity index (χ3n) is 3.89. The molecule has 3 heteroatoms. The second kappa shape index (κ2) is 5.48. The zero-order chi connectivity index (χ0) is 11.4. The Kier molecular flexibility index (Phi) is 4.22. The van der Waals surface area contributed by atoms with Crippen LogP contribution in [0.5, 0.6) is 0 Å². The molecule has 2 aliphatic rings. The minimum atomic E-state index is 0.241. The molecule has 1 saturated carbocycles. The summed E-state index contributed by atoms with van der Waals surface area (Å²) in [6.07, 6.45) is 5.49. The summed E-state index contributed by atoms with van der Waals surface area (Å²) in [4.78, 5) is 0. The summed E-state index contributed by atoms with van der Waals surface area (Å²) < 4.78 is 11.4. The average molecular weight is 227 g/mol. The Bertz CT molecular complexity index is 218. The van der Waals surface area contributed by atoms with Crippen LogP contribution in [0.2, 0.25) is 0 Å². The molecule has 94 valence electrons. The average Bonchev–Trinajstić information content (AvgIpc) is 3.03. The molecule has 1 aliphatic carbocycles. The largest absolute Gasteiger partial charge is 0.384 e. The number of hydrogen-bond donors (Lipinski definition) is 1. The predicted octanol–water partition coefficient (Wildman–Crippen LogP) is 1.82. The van der Waals surface area contributed by atoms with Gasteiger partial charge < -0.3 is 14.8 Å². The lowest BCUT2D eigenvalue weighted by atomic mass is 9.79. The number of rotatable bonds is 7. The molecule has 3 nitrogen and oxygen atoms in total. The van der Waals surface area contributed by atoms with Crippen LogP contribution in [-0.2, 0) is 9.47 Å². The fourth-order valence-electron chi connectivity index (χ4n) is 2.94. The van der Waals surface area contributed by atoms with Crippen molar-refractivity contribution < 1.29 is 9.47 Å². The Hall–Kier alpha value is -0.120. The molecule has 2 fully saturated rings. The summed E-state index contributed by atoms with van der Waals surface area (Å²) in [5.41, 5.74) is 0.241. The molecule has 2 unspecified atom stereocenters. The van der Waals surface area contributed by atoms with Crippen molar-refractivity contribution in [2.45, 2.75) is 38.7 Å². The molecule has 0 amide bonds. The maximum absolute atomic E-state index is 5.96. The highest BCUT2D eigenvalue weighted by atomic mass is 16.5. The molecule has 0 aromatic rings. The Labute approximate surface area is 98.9 Å². The molecule has 1 saturated heterocycles. The van der Waals surface area contributed by atoms with Gasteiger partial charge in [-0.25, -0.2) is 0 Å². The normalized spacial score (nSPS) is 34.5. The summed E-state index contributed by atoms with van der Waals surface area (Å²) in [5.74, 6) is 0.807. The van der Waals surface area contributed by atoms with Crippen LogP contribution in [0.3, 0.4) is 0 Å². The Morgan fingerprint density at radius 2 is 2.25 bits per heavy atom. The third kappa shape index (κ3) is 2.58. The smallest absolute Gasteiger partial charge is 0.0694 e. The van der Waals surface area contributed by atoms with Gasteiger partial charge >= 0.3 is 0 Å². The molecular formula is C13H25NO2. The first kappa shape index (κ1) is 12.3. The van der Waals surface area contributed by atoms with Crippen molar-refractivity contribution >= 4 is 0 Å². The van der Waals surface area contributed by atoms with Gasteiger partial charge in [0, 0.05) is 25.7 Å². The van der Waals surface area contributed by atoms with Gasteiger partial charge in [-0.3, -0.25) is 0 Å². The molecule has 0 aromatic carbocycles. The minimum absolute atomic E-state index is 0.241. The van der Waals surface area contributed by atoms with Gasteiger partial charge in [-0.1, -0.05) is 6.92 Å². The quantitative estimate of drug-likeness (QED) is 0.673. The van der Waals surface area contributed by atoms with Crippen LogP contribution in [0.4, 0.5) is 0 Å². The topological polar surface area (TPSA) is 30.5 Å². The van der Waals surface area contributed by atoms with Gasteiger partial charge in [-0.2, -0.15) is 0 Å². The molecule has 1 N–H and O–H groups in total. The van der Waals surface area contributed by atoms with Crippen LogP contribution in [0.15, 0.2) is 0 Å². The van der Waals surface area contributed by atoms with E-state index in [1.165, 1.54) is 19.3 Å². The number of nitrogens with one attached hydrogen (secondary N) is 1. The van der Waals surface area contributed by atoms with E-state index in [9.17, 15) is 0 Å². The van der Waals surface area contributed by atoms with Gasteiger partial charge in [0.25, 0.3) is 0 Å². The molecule has 0 bridgehead atoms. The van der Waals surface area contributed by atoms with E-state index < -0.39 is 0 Å². The van der Waals surface area contributed by atoms with Crippen molar-refractivity contribution in [3.63, 3.8) is 0 Å². The van der Waals surface area contributed by atoms with Crippen LogP contribution >= 0.6 is 0 Å². The number of hydrogen-bond acceptors (Lipinski definition) is 3. The molecule has 0 spiro atoms. The summed E-state index contributed by atoms with van der Waals surface area (Å²) >= 11 is 0. The van der Waals surface area contributed by atoms with E-state index in [1.54, 1.807) is 0 Å². The standard InChI is InChI=1S/C13H25NO2/c1-3-7-14-9-13(10-15-2)6-8-16-12(13)11-4-5-11/h11-12,14H,3-10H2,1-2H3. The SMILES string of the molecule is CCCNCC1(COC)CCOC1C1CC1. The molecule has 1 aliphatic heterocycles. The van der Waals surface area contributed by atoms with Gasteiger partial charge in [-0.05, 0) is 38.1 Å². The Morgan fingerprint density at radius 1 is 1.44 bits per heavy atom. The zero-order valence-electron chi connectivity index (χ0n) is 10.6. The Morgan fingerprint density at radius 3 is 2.88 bits per heavy atom. The van der Waals surface area contributed by atoms with E-state index >= 15 is 0 Å². The van der Waals surface area contributed by atoms with Crippen molar-refractivity contribution in [1.82, 2.24) is 5.32 Å². The first-order chi connectivity index (χ1) is 7.82. The monoisotopic (exact) mass is 227 g/mol. The predicted molar refractivity (Wildman–Crippen MR) is 64.6 cm³/mol. The summed E-state index contributed by atoms with van der Waals surface area (Å²) in [7, 11) is 1.81. The lowest BCUT2D eigenvalue weighted by molar-refractivity contribution is -0.0117. The van der Waals surface area contributed by atoms with E-state index in [4.69, 9.17) is 9.47 Å². The molecule has 0 radical (unpaired) electrons. The molecule has 2 atom stereocenters. The minimum Gasteiger partial charge on any atom is -0.384 e. The van der Waals surface area contributed by atoms with Gasteiger partial charge in [-0.15, -0.1) is 0 Å². The fraction of sp³-hybridized carbons (Fsp3) is 1.00. The maximum atomic E-state index is 5.96. The van der Waals surface area contributed by atoms with E-state index in [0.717, 1.165) is 38.6 Å². The molecule has 1 heterocycles. The van der Waals surface area contributed by atoms with E-state index in [2.05, 4.69) is 12.2 Å². The van der Waals surface area contributed by atoms with Crippen molar-refractivity contribution in [3.05, 3.63) is 0 Å². The van der Waals surface area contributed by atoms with Crippen LogP contribution < -0.4 is 5.32 Å². The lowest BCUT2D eigenvalue weighted by Gasteiger charge is -2.34. The van der Waals surface area contributed by atoms with Crippen molar-refractivity contribution in [2.75, 3.05) is 33.4 Å². The third-order valence-corrected chi connectivity index (χ3v) is 3.89. The molecule has 2 rings (SSSR count). The molecule has 16 heavy (non-hydrogen) atoms. The highest BCUT2D eigenvalue weighted by molar-refractivity contribution is 5.00. The summed E-state index contributed by atoms with van der Waals surface area (Å²) in [6.45, 7) is 6.11. The maximum Gasteiger partial charge on any atom is 0.0694 e. The highest BCUT2D eigenvalue weighted by Crippen LogP contribution is 2.47. The van der Waals surface area contributed by atoms with Crippen molar-refractivity contribution in [2.24, 2.45) is 11.3 Å². The van der Waals surface area contributed by atoms with Crippen molar-refractivity contribution in [1.29, 1.82) is 0 Å². The van der Waals surface area contributed by atoms with Gasteiger partial charge in [0.15, 0.2) is 0 Å². The summed E-state index contributed by atoms with van der Waals surface area (Å²) in [6, 6.07) is 0. The molecule has 0 aromatic heterocycles. The zero-order valence-corrected chi connectivity index (χ0v) is 10.6. The lowest BCUT2D eigenvalue weighted by Crippen LogP contribution is -2.45. The van der Waals surface area contributed by atoms with Gasteiger partial charge in [0.2, 0.25) is 0 Å². The summed E-state index contributed by atoms with van der Waals surface area (Å²) in [5, 5.41) is 3.56. The van der Waals surface area contributed by atoms with Crippen molar-refractivity contribution in [3.8, 4) is 0 Å².